The molecule has 2 aromatic carbocycles. The van der Waals surface area contributed by atoms with Crippen molar-refractivity contribution in [2.45, 2.75) is 37.2 Å². The number of hydrogen-bond acceptors (Lipinski definition) is 6. The molecule has 0 saturated carbocycles. The van der Waals surface area contributed by atoms with Crippen molar-refractivity contribution in [2.75, 3.05) is 35.7 Å². The zero-order valence-electron chi connectivity index (χ0n) is 20.1. The molecule has 0 unspecified atom stereocenters. The van der Waals surface area contributed by atoms with Crippen molar-refractivity contribution < 1.29 is 9.59 Å². The first-order valence-corrected chi connectivity index (χ1v) is 13.0. The number of nitrogens with zero attached hydrogens (tertiary/aromatic N) is 5. The quantitative estimate of drug-likeness (QED) is 0.590. The standard InChI is InChI=1S/C26H30N6O2S/c1-18-7-6-12-31(14-18)20-10-11-23-22(13-20)30(2)26(34)21(16-35-23)28-25(33)24-27-17-32(29-24)15-19-8-4-3-5-9-19/h3-5,8-11,13,17-18,21H,6-7,12,14-16H2,1-2H3,(H,28,33)/t18-,21+/m1/s1. The van der Waals surface area contributed by atoms with Crippen LogP contribution in [-0.4, -0.2) is 58.5 Å². The number of aromatic nitrogens is 3. The van der Waals surface area contributed by atoms with Crippen molar-refractivity contribution in [1.82, 2.24) is 20.1 Å². The van der Waals surface area contributed by atoms with E-state index >= 15 is 0 Å². The van der Waals surface area contributed by atoms with Gasteiger partial charge in [0.15, 0.2) is 0 Å². The van der Waals surface area contributed by atoms with Crippen molar-refractivity contribution in [1.29, 1.82) is 0 Å². The summed E-state index contributed by atoms with van der Waals surface area (Å²) in [4.78, 5) is 35.4. The molecule has 1 saturated heterocycles. The molecule has 5 rings (SSSR count). The topological polar surface area (TPSA) is 83.4 Å². The first-order valence-electron chi connectivity index (χ1n) is 12.0. The summed E-state index contributed by atoms with van der Waals surface area (Å²) in [5.74, 6) is 0.591. The lowest BCUT2D eigenvalue weighted by molar-refractivity contribution is -0.119. The minimum Gasteiger partial charge on any atom is -0.371 e. The lowest BCUT2D eigenvalue weighted by atomic mass is 9.99. The minimum atomic E-state index is -0.663. The van der Waals surface area contributed by atoms with Gasteiger partial charge in [0.2, 0.25) is 11.7 Å². The van der Waals surface area contributed by atoms with Crippen molar-refractivity contribution in [2.24, 2.45) is 5.92 Å². The lowest BCUT2D eigenvalue weighted by Crippen LogP contribution is -2.48. The minimum absolute atomic E-state index is 0.0599. The third kappa shape index (κ3) is 5.19. The van der Waals surface area contributed by atoms with Crippen LogP contribution in [0.1, 0.15) is 35.9 Å². The highest BCUT2D eigenvalue weighted by Gasteiger charge is 2.31. The van der Waals surface area contributed by atoms with Crippen LogP contribution in [0.3, 0.4) is 0 Å². The second kappa shape index (κ2) is 10.1. The number of likely N-dealkylation sites (N-methyl/N-ethyl adjacent to an activating group) is 1. The van der Waals surface area contributed by atoms with Gasteiger partial charge >= 0.3 is 0 Å². The average molecular weight is 491 g/mol. The fraction of sp³-hybridized carbons (Fsp3) is 0.385. The Morgan fingerprint density at radius 3 is 2.83 bits per heavy atom. The van der Waals surface area contributed by atoms with Gasteiger partial charge in [-0.15, -0.1) is 16.9 Å². The molecule has 2 aliphatic heterocycles. The van der Waals surface area contributed by atoms with E-state index in [-0.39, 0.29) is 11.7 Å². The molecule has 3 aromatic rings. The molecule has 1 N–H and O–H groups in total. The molecule has 182 valence electrons. The summed E-state index contributed by atoms with van der Waals surface area (Å²) >= 11 is 1.58. The number of nitrogens with one attached hydrogen (secondary N) is 1. The Morgan fingerprint density at radius 2 is 2.03 bits per heavy atom. The van der Waals surface area contributed by atoms with Gasteiger partial charge < -0.3 is 15.1 Å². The van der Waals surface area contributed by atoms with Gasteiger partial charge in [0.1, 0.15) is 12.4 Å². The molecule has 2 atom stereocenters. The van der Waals surface area contributed by atoms with Gasteiger partial charge in [-0.05, 0) is 42.5 Å². The first kappa shape index (κ1) is 23.4. The molecule has 35 heavy (non-hydrogen) atoms. The highest BCUT2D eigenvalue weighted by molar-refractivity contribution is 7.99. The van der Waals surface area contributed by atoms with Crippen LogP contribution in [0, 0.1) is 5.92 Å². The molecule has 1 fully saturated rings. The van der Waals surface area contributed by atoms with Crippen LogP contribution >= 0.6 is 11.8 Å². The molecular weight excluding hydrogens is 460 g/mol. The van der Waals surface area contributed by atoms with Gasteiger partial charge in [-0.2, -0.15) is 0 Å². The number of hydrogen-bond donors (Lipinski definition) is 1. The number of amides is 2. The van der Waals surface area contributed by atoms with Crippen LogP contribution < -0.4 is 15.1 Å². The molecule has 2 aliphatic rings. The van der Waals surface area contributed by atoms with Crippen molar-refractivity contribution in [3.8, 4) is 0 Å². The van der Waals surface area contributed by atoms with Crippen molar-refractivity contribution in [3.05, 3.63) is 66.2 Å². The number of thioether (sulfide) groups is 1. The summed E-state index contributed by atoms with van der Waals surface area (Å²) in [6, 6.07) is 15.5. The summed E-state index contributed by atoms with van der Waals surface area (Å²) in [6.07, 6.45) is 3.98. The highest BCUT2D eigenvalue weighted by atomic mass is 32.2. The summed E-state index contributed by atoms with van der Waals surface area (Å²) in [5, 5.41) is 7.16. The summed E-state index contributed by atoms with van der Waals surface area (Å²) in [7, 11) is 1.78. The predicted molar refractivity (Wildman–Crippen MR) is 138 cm³/mol. The van der Waals surface area contributed by atoms with Crippen LogP contribution in [0.2, 0.25) is 0 Å². The van der Waals surface area contributed by atoms with Gasteiger partial charge in [-0.25, -0.2) is 9.67 Å². The summed E-state index contributed by atoms with van der Waals surface area (Å²) < 4.78 is 1.62. The predicted octanol–water partition coefficient (Wildman–Crippen LogP) is 3.43. The van der Waals surface area contributed by atoms with E-state index in [4.69, 9.17) is 0 Å². The Hall–Kier alpha value is -3.33. The number of carbonyl (C=O) groups is 2. The maximum absolute atomic E-state index is 13.3. The Balaban J connectivity index is 1.27. The molecule has 9 heteroatoms. The molecule has 0 spiro atoms. The fourth-order valence-electron chi connectivity index (χ4n) is 4.68. The van der Waals surface area contributed by atoms with Crippen LogP contribution in [0.4, 0.5) is 11.4 Å². The molecular formula is C26H30N6O2S. The monoisotopic (exact) mass is 490 g/mol. The second-order valence-electron chi connectivity index (χ2n) is 9.33. The van der Waals surface area contributed by atoms with Crippen LogP contribution in [0.15, 0.2) is 59.8 Å². The van der Waals surface area contributed by atoms with E-state index < -0.39 is 11.9 Å². The van der Waals surface area contributed by atoms with E-state index in [0.717, 1.165) is 34.9 Å². The number of anilines is 2. The van der Waals surface area contributed by atoms with Gasteiger partial charge in [-0.3, -0.25) is 9.59 Å². The summed E-state index contributed by atoms with van der Waals surface area (Å²) in [5.41, 5.74) is 3.10. The number of benzene rings is 2. The lowest BCUT2D eigenvalue weighted by Gasteiger charge is -2.33. The molecule has 8 nitrogen and oxygen atoms in total. The summed E-state index contributed by atoms with van der Waals surface area (Å²) in [6.45, 7) is 4.88. The van der Waals surface area contributed by atoms with Crippen LogP contribution in [0.5, 0.6) is 0 Å². The fourth-order valence-corrected chi connectivity index (χ4v) is 5.76. The van der Waals surface area contributed by atoms with Gasteiger partial charge in [0.05, 0.1) is 12.2 Å². The van der Waals surface area contributed by atoms with Crippen molar-refractivity contribution in [3.63, 3.8) is 0 Å². The molecule has 0 aliphatic carbocycles. The molecule has 0 bridgehead atoms. The van der Waals surface area contributed by atoms with E-state index in [1.165, 1.54) is 19.2 Å². The van der Waals surface area contributed by atoms with Gasteiger partial charge in [0.25, 0.3) is 5.91 Å². The highest BCUT2D eigenvalue weighted by Crippen LogP contribution is 2.37. The second-order valence-corrected chi connectivity index (χ2v) is 10.4. The average Bonchev–Trinajstić information content (AvgIpc) is 3.30. The van der Waals surface area contributed by atoms with E-state index in [0.29, 0.717) is 18.2 Å². The Kier molecular flexibility index (Phi) is 6.77. The SMILES string of the molecule is C[C@@H]1CCCN(c2ccc3c(c2)N(C)C(=O)[C@@H](NC(=O)c2ncn(Cc4ccccc4)n2)CS3)C1. The number of fused-ring (bicyclic) bond motifs is 1. The Bertz CT molecular complexity index is 1210. The largest absolute Gasteiger partial charge is 0.371 e. The third-order valence-electron chi connectivity index (χ3n) is 6.59. The molecule has 0 radical (unpaired) electrons. The Morgan fingerprint density at radius 1 is 1.20 bits per heavy atom. The van der Waals surface area contributed by atoms with E-state index in [9.17, 15) is 9.59 Å². The van der Waals surface area contributed by atoms with Gasteiger partial charge in [0, 0.05) is 36.5 Å². The normalized spacial score (nSPS) is 20.3. The molecule has 3 heterocycles. The van der Waals surface area contributed by atoms with Crippen LogP contribution in [-0.2, 0) is 11.3 Å². The van der Waals surface area contributed by atoms with Crippen LogP contribution in [0.25, 0.3) is 0 Å². The Labute approximate surface area is 209 Å². The van der Waals surface area contributed by atoms with E-state index in [1.807, 2.05) is 30.3 Å². The zero-order valence-corrected chi connectivity index (χ0v) is 20.9. The first-order chi connectivity index (χ1) is 17.0. The maximum Gasteiger partial charge on any atom is 0.291 e. The van der Waals surface area contributed by atoms with E-state index in [1.54, 1.807) is 28.4 Å². The zero-order chi connectivity index (χ0) is 24.4. The van der Waals surface area contributed by atoms with Gasteiger partial charge in [-0.1, -0.05) is 37.3 Å². The molecule has 1 aromatic heterocycles. The number of carbonyl (C=O) groups excluding carboxylic acids is 2. The third-order valence-corrected chi connectivity index (χ3v) is 7.75. The smallest absolute Gasteiger partial charge is 0.291 e. The number of piperidine rings is 1. The number of rotatable bonds is 5. The van der Waals surface area contributed by atoms with Crippen molar-refractivity contribution >= 4 is 35.0 Å². The van der Waals surface area contributed by atoms with E-state index in [2.05, 4.69) is 45.4 Å². The maximum atomic E-state index is 13.3. The molecule has 2 amide bonds.